The van der Waals surface area contributed by atoms with Gasteiger partial charge in [0, 0.05) is 59.7 Å². The lowest BCUT2D eigenvalue weighted by molar-refractivity contribution is 0.251. The number of carbonyl (C=O) groups excluding carboxylic acids is 1. The van der Waals surface area contributed by atoms with Gasteiger partial charge in [-0.1, -0.05) is 0 Å². The molecular weight excluding hydrogens is 396 g/mol. The smallest absolute Gasteiger partial charge is 0.319 e. The van der Waals surface area contributed by atoms with Gasteiger partial charge < -0.3 is 41.8 Å². The lowest BCUT2D eigenvalue weighted by Crippen LogP contribution is -2.31. The minimum atomic E-state index is -0.279. The number of rotatable bonds is 8. The number of hydrogen-bond acceptors (Lipinski definition) is 8. The molecule has 0 aliphatic heterocycles. The first-order valence-electron chi connectivity index (χ1n) is 9.94. The van der Waals surface area contributed by atoms with Crippen LogP contribution in [0.5, 0.6) is 0 Å². The Labute approximate surface area is 181 Å². The zero-order chi connectivity index (χ0) is 22.5. The normalized spacial score (nSPS) is 10.6. The topological polar surface area (TPSA) is 137 Å². The molecule has 0 spiro atoms. The summed E-state index contributed by atoms with van der Waals surface area (Å²) in [5.41, 5.74) is 10.1. The average molecular weight is 427 g/mol. The first-order valence-corrected chi connectivity index (χ1v) is 9.94. The van der Waals surface area contributed by atoms with Crippen molar-refractivity contribution in [3.63, 3.8) is 0 Å². The SMILES string of the molecule is CNc1nc(N)c2nc(NC)n(CCNC(=O)Nc3ccc(N(C)C)cc3)c2c1NC. The number of benzene rings is 1. The lowest BCUT2D eigenvalue weighted by Gasteiger charge is -2.15. The van der Waals surface area contributed by atoms with Crippen LogP contribution in [-0.2, 0) is 6.54 Å². The Morgan fingerprint density at radius 2 is 1.77 bits per heavy atom. The van der Waals surface area contributed by atoms with Gasteiger partial charge in [-0.2, -0.15) is 0 Å². The molecule has 3 aromatic rings. The van der Waals surface area contributed by atoms with Gasteiger partial charge in [0.2, 0.25) is 5.95 Å². The molecule has 2 aromatic heterocycles. The van der Waals surface area contributed by atoms with E-state index in [2.05, 4.69) is 36.6 Å². The van der Waals surface area contributed by atoms with Gasteiger partial charge in [-0.3, -0.25) is 0 Å². The number of nitrogens with one attached hydrogen (secondary N) is 5. The summed E-state index contributed by atoms with van der Waals surface area (Å²) in [5, 5.41) is 15.0. The van der Waals surface area contributed by atoms with E-state index >= 15 is 0 Å². The summed E-state index contributed by atoms with van der Waals surface area (Å²) >= 11 is 0. The highest BCUT2D eigenvalue weighted by Gasteiger charge is 2.19. The maximum absolute atomic E-state index is 12.3. The summed E-state index contributed by atoms with van der Waals surface area (Å²) in [7, 11) is 9.33. The average Bonchev–Trinajstić information content (AvgIpc) is 3.13. The van der Waals surface area contributed by atoms with E-state index in [-0.39, 0.29) is 6.03 Å². The minimum absolute atomic E-state index is 0.279. The van der Waals surface area contributed by atoms with Gasteiger partial charge in [-0.15, -0.1) is 0 Å². The second-order valence-electron chi connectivity index (χ2n) is 7.08. The number of imidazole rings is 1. The largest absolute Gasteiger partial charge is 0.383 e. The number of pyridine rings is 1. The Morgan fingerprint density at radius 1 is 1.06 bits per heavy atom. The first-order chi connectivity index (χ1) is 14.9. The molecule has 0 atom stereocenters. The number of fused-ring (bicyclic) bond motifs is 1. The molecule has 2 heterocycles. The fourth-order valence-electron chi connectivity index (χ4n) is 3.35. The Morgan fingerprint density at radius 3 is 2.35 bits per heavy atom. The van der Waals surface area contributed by atoms with Crippen LogP contribution in [0, 0.1) is 0 Å². The van der Waals surface area contributed by atoms with E-state index in [1.165, 1.54) is 0 Å². The van der Waals surface area contributed by atoms with E-state index in [1.807, 2.05) is 54.9 Å². The Balaban J connectivity index is 1.74. The summed E-state index contributed by atoms with van der Waals surface area (Å²) in [5.74, 6) is 1.60. The number of carbonyl (C=O) groups is 1. The van der Waals surface area contributed by atoms with Gasteiger partial charge in [0.25, 0.3) is 0 Å². The van der Waals surface area contributed by atoms with Gasteiger partial charge in [0.05, 0.1) is 0 Å². The number of hydrogen-bond donors (Lipinski definition) is 6. The maximum Gasteiger partial charge on any atom is 0.319 e. The van der Waals surface area contributed by atoms with E-state index in [0.29, 0.717) is 36.2 Å². The quantitative estimate of drug-likeness (QED) is 0.322. The van der Waals surface area contributed by atoms with Crippen molar-refractivity contribution >= 4 is 51.7 Å². The summed E-state index contributed by atoms with van der Waals surface area (Å²) in [6.07, 6.45) is 0. The van der Waals surface area contributed by atoms with Crippen molar-refractivity contribution < 1.29 is 4.79 Å². The summed E-state index contributed by atoms with van der Waals surface area (Å²) < 4.78 is 1.96. The van der Waals surface area contributed by atoms with Crippen LogP contribution in [0.25, 0.3) is 11.0 Å². The highest BCUT2D eigenvalue weighted by atomic mass is 16.2. The molecule has 7 N–H and O–H groups in total. The molecule has 2 amide bonds. The van der Waals surface area contributed by atoms with E-state index in [9.17, 15) is 4.79 Å². The van der Waals surface area contributed by atoms with Gasteiger partial charge in [-0.25, -0.2) is 14.8 Å². The third-order valence-electron chi connectivity index (χ3n) is 4.89. The Kier molecular flexibility index (Phi) is 6.53. The monoisotopic (exact) mass is 426 g/mol. The van der Waals surface area contributed by atoms with Crippen molar-refractivity contribution in [2.75, 3.05) is 73.7 Å². The molecule has 0 fully saturated rings. The second-order valence-corrected chi connectivity index (χ2v) is 7.08. The number of nitrogen functional groups attached to an aromatic ring is 1. The van der Waals surface area contributed by atoms with Crippen LogP contribution < -0.4 is 37.2 Å². The molecule has 0 unspecified atom stereocenters. The molecule has 11 nitrogen and oxygen atoms in total. The van der Waals surface area contributed by atoms with Crippen molar-refractivity contribution in [1.29, 1.82) is 0 Å². The molecule has 0 aliphatic carbocycles. The van der Waals surface area contributed by atoms with E-state index in [4.69, 9.17) is 5.73 Å². The minimum Gasteiger partial charge on any atom is -0.383 e. The predicted molar refractivity (Wildman–Crippen MR) is 128 cm³/mol. The van der Waals surface area contributed by atoms with Crippen LogP contribution in [0.2, 0.25) is 0 Å². The number of nitrogens with two attached hydrogens (primary N) is 1. The predicted octanol–water partition coefficient (Wildman–Crippen LogP) is 2.03. The molecule has 1 aromatic carbocycles. The van der Waals surface area contributed by atoms with Crippen molar-refractivity contribution in [2.45, 2.75) is 6.54 Å². The van der Waals surface area contributed by atoms with Crippen LogP contribution in [-0.4, -0.2) is 62.3 Å². The maximum atomic E-state index is 12.3. The molecular formula is C20H30N10O. The number of anilines is 6. The standard InChI is InChI=1S/C20H30N10O/c1-22-15-16-14(17(21)28-18(15)23-2)27-19(24-3)30(16)11-10-25-20(31)26-12-6-8-13(9-7-12)29(4)5/h6-9,22H,10-11H2,1-5H3,(H,24,27)(H3,21,23,28)(H2,25,26,31). The molecule has 0 aliphatic rings. The number of amides is 2. The highest BCUT2D eigenvalue weighted by Crippen LogP contribution is 2.34. The third kappa shape index (κ3) is 4.49. The van der Waals surface area contributed by atoms with E-state index in [0.717, 1.165) is 22.6 Å². The van der Waals surface area contributed by atoms with Gasteiger partial charge in [0.1, 0.15) is 16.7 Å². The van der Waals surface area contributed by atoms with Crippen molar-refractivity contribution in [2.24, 2.45) is 0 Å². The molecule has 31 heavy (non-hydrogen) atoms. The van der Waals surface area contributed by atoms with Crippen molar-refractivity contribution in [1.82, 2.24) is 19.9 Å². The summed E-state index contributed by atoms with van der Waals surface area (Å²) in [6, 6.07) is 7.35. The molecule has 0 bridgehead atoms. The van der Waals surface area contributed by atoms with Crippen LogP contribution in [0.4, 0.5) is 39.4 Å². The van der Waals surface area contributed by atoms with E-state index in [1.54, 1.807) is 14.1 Å². The summed E-state index contributed by atoms with van der Waals surface area (Å²) in [4.78, 5) is 23.3. The summed E-state index contributed by atoms with van der Waals surface area (Å²) in [6.45, 7) is 0.878. The zero-order valence-electron chi connectivity index (χ0n) is 18.5. The van der Waals surface area contributed by atoms with Crippen LogP contribution in [0.1, 0.15) is 0 Å². The number of nitrogens with zero attached hydrogens (tertiary/aromatic N) is 4. The number of urea groups is 1. The second kappa shape index (κ2) is 9.28. The molecule has 0 saturated carbocycles. The van der Waals surface area contributed by atoms with Crippen LogP contribution in [0.3, 0.4) is 0 Å². The fourth-order valence-corrected chi connectivity index (χ4v) is 3.35. The lowest BCUT2D eigenvalue weighted by atomic mass is 10.2. The Hall–Kier alpha value is -3.89. The van der Waals surface area contributed by atoms with Crippen molar-refractivity contribution in [3.8, 4) is 0 Å². The van der Waals surface area contributed by atoms with Gasteiger partial charge >= 0.3 is 6.03 Å². The Bertz CT molecular complexity index is 1060. The molecule has 11 heteroatoms. The van der Waals surface area contributed by atoms with E-state index < -0.39 is 0 Å². The molecule has 166 valence electrons. The molecule has 0 radical (unpaired) electrons. The zero-order valence-corrected chi connectivity index (χ0v) is 18.5. The highest BCUT2D eigenvalue weighted by molar-refractivity contribution is 6.01. The molecule has 3 rings (SSSR count). The van der Waals surface area contributed by atoms with Gasteiger partial charge in [0.15, 0.2) is 11.6 Å². The van der Waals surface area contributed by atoms with Crippen LogP contribution >= 0.6 is 0 Å². The third-order valence-corrected chi connectivity index (χ3v) is 4.89. The fraction of sp³-hybridized carbons (Fsp3) is 0.350. The van der Waals surface area contributed by atoms with Gasteiger partial charge in [-0.05, 0) is 24.3 Å². The van der Waals surface area contributed by atoms with Crippen LogP contribution in [0.15, 0.2) is 24.3 Å². The molecule has 0 saturated heterocycles. The number of aromatic nitrogens is 3. The first kappa shape index (κ1) is 21.8. The van der Waals surface area contributed by atoms with Crippen molar-refractivity contribution in [3.05, 3.63) is 24.3 Å².